The first-order chi connectivity index (χ1) is 21.6. The molecule has 0 radical (unpaired) electrons. The van der Waals surface area contributed by atoms with Gasteiger partial charge >= 0.3 is 0 Å². The molecular formula is C37H42Cl2N2O6. The van der Waals surface area contributed by atoms with Crippen LogP contribution in [0.25, 0.3) is 0 Å². The molecule has 6 bridgehead atoms. The molecule has 2 atom stereocenters. The zero-order chi connectivity index (χ0) is 31.5. The highest BCUT2D eigenvalue weighted by atomic mass is 35.5. The molecule has 250 valence electrons. The molecule has 0 saturated heterocycles. The lowest BCUT2D eigenvalue weighted by molar-refractivity contribution is -0.923. The maximum atomic E-state index is 11.4. The van der Waals surface area contributed by atoms with Crippen molar-refractivity contribution in [2.24, 2.45) is 0 Å². The minimum absolute atomic E-state index is 0. The molecule has 0 aliphatic carbocycles. The SMILES string of the molecule is COc1cc2c3cc1Oc1cc(ccc1O)C[C@@H]1c4c(cc(CO)c(O)c4Oc4ccc(cc4)C[C@@H]3N(C)CC2)CC[N+]1(C)C.Cl.[Cl-]. The van der Waals surface area contributed by atoms with Gasteiger partial charge in [-0.1, -0.05) is 18.2 Å². The summed E-state index contributed by atoms with van der Waals surface area (Å²) in [5.74, 6) is 2.61. The number of aliphatic hydroxyl groups excluding tert-OH is 1. The Morgan fingerprint density at radius 2 is 1.64 bits per heavy atom. The van der Waals surface area contributed by atoms with Crippen molar-refractivity contribution < 1.29 is 46.4 Å². The number of aromatic hydroxyl groups is 2. The number of nitrogens with zero attached hydrogens (tertiary/aromatic N) is 2. The van der Waals surface area contributed by atoms with Crippen LogP contribution < -0.4 is 26.6 Å². The third kappa shape index (κ3) is 6.33. The quantitative estimate of drug-likeness (QED) is 0.279. The summed E-state index contributed by atoms with van der Waals surface area (Å²) in [7, 11) is 8.18. The van der Waals surface area contributed by atoms with E-state index in [1.54, 1.807) is 13.2 Å². The number of rotatable bonds is 2. The normalized spacial score (nSPS) is 19.4. The summed E-state index contributed by atoms with van der Waals surface area (Å²) in [5.41, 5.74) is 7.00. The number of ether oxygens (including phenoxy) is 3. The van der Waals surface area contributed by atoms with Gasteiger partial charge in [0.2, 0.25) is 0 Å². The Kier molecular flexibility index (Phi) is 9.92. The minimum atomic E-state index is -0.281. The molecule has 0 amide bonds. The highest BCUT2D eigenvalue weighted by molar-refractivity contribution is 5.85. The Morgan fingerprint density at radius 3 is 2.36 bits per heavy atom. The van der Waals surface area contributed by atoms with Crippen LogP contribution in [0.3, 0.4) is 0 Å². The van der Waals surface area contributed by atoms with Gasteiger partial charge < -0.3 is 46.4 Å². The molecule has 10 heteroatoms. The Morgan fingerprint density at radius 1 is 0.894 bits per heavy atom. The summed E-state index contributed by atoms with van der Waals surface area (Å²) < 4.78 is 19.5. The summed E-state index contributed by atoms with van der Waals surface area (Å²) >= 11 is 0. The van der Waals surface area contributed by atoms with Gasteiger partial charge in [0, 0.05) is 31.0 Å². The van der Waals surface area contributed by atoms with Gasteiger partial charge in [0.1, 0.15) is 11.8 Å². The van der Waals surface area contributed by atoms with E-state index in [1.165, 1.54) is 11.1 Å². The van der Waals surface area contributed by atoms with Gasteiger partial charge in [0.05, 0.1) is 39.9 Å². The second-order valence-electron chi connectivity index (χ2n) is 13.2. The molecule has 0 aromatic heterocycles. The smallest absolute Gasteiger partial charge is 0.178 e. The number of likely N-dealkylation sites (N-methyl/N-ethyl adjacent to an activating group) is 2. The summed E-state index contributed by atoms with van der Waals surface area (Å²) in [6.07, 6.45) is 3.09. The van der Waals surface area contributed by atoms with Crippen LogP contribution in [-0.2, 0) is 32.3 Å². The van der Waals surface area contributed by atoms with Gasteiger partial charge in [0.25, 0.3) is 0 Å². The number of quaternary nitrogens is 1. The van der Waals surface area contributed by atoms with Crippen LogP contribution >= 0.6 is 12.4 Å². The molecular weight excluding hydrogens is 639 g/mol. The van der Waals surface area contributed by atoms with Crippen LogP contribution in [0.5, 0.6) is 40.2 Å². The number of fused-ring (bicyclic) bond motifs is 2. The van der Waals surface area contributed by atoms with E-state index in [4.69, 9.17) is 14.2 Å². The van der Waals surface area contributed by atoms with E-state index in [-0.39, 0.29) is 55.0 Å². The summed E-state index contributed by atoms with van der Waals surface area (Å²) in [6, 6.07) is 19.7. The molecule has 0 fully saturated rings. The number of hydrogen-bond acceptors (Lipinski definition) is 7. The fourth-order valence-electron chi connectivity index (χ4n) is 7.32. The maximum absolute atomic E-state index is 11.4. The van der Waals surface area contributed by atoms with Crippen LogP contribution in [0.15, 0.2) is 60.7 Å². The van der Waals surface area contributed by atoms with Crippen molar-refractivity contribution in [2.75, 3.05) is 41.3 Å². The number of aliphatic hydroxyl groups is 1. The van der Waals surface area contributed by atoms with Gasteiger partial charge in [-0.3, -0.25) is 4.90 Å². The lowest BCUT2D eigenvalue weighted by Gasteiger charge is -2.43. The number of phenols is 2. The molecule has 4 aromatic rings. The first kappa shape index (κ1) is 34.7. The predicted molar refractivity (Wildman–Crippen MR) is 179 cm³/mol. The third-order valence-corrected chi connectivity index (χ3v) is 10.1. The minimum Gasteiger partial charge on any atom is -1.00 e. The molecule has 4 aromatic carbocycles. The second kappa shape index (κ2) is 13.5. The number of hydrogen-bond donors (Lipinski definition) is 3. The molecule has 4 aliphatic rings. The number of methoxy groups -OCH3 is 1. The Bertz CT molecular complexity index is 1780. The van der Waals surface area contributed by atoms with Crippen molar-refractivity contribution in [3.63, 3.8) is 0 Å². The first-order valence-corrected chi connectivity index (χ1v) is 15.6. The largest absolute Gasteiger partial charge is 1.00 e. The second-order valence-corrected chi connectivity index (χ2v) is 13.2. The number of halogens is 2. The molecule has 4 heterocycles. The van der Waals surface area contributed by atoms with Crippen molar-refractivity contribution >= 4 is 12.4 Å². The molecule has 0 unspecified atom stereocenters. The van der Waals surface area contributed by atoms with E-state index in [0.717, 1.165) is 54.6 Å². The molecule has 3 N–H and O–H groups in total. The monoisotopic (exact) mass is 680 g/mol. The number of phenolic OH excluding ortho intramolecular Hbond substituents is 1. The van der Waals surface area contributed by atoms with Crippen molar-refractivity contribution in [1.82, 2.24) is 4.90 Å². The van der Waals surface area contributed by atoms with Crippen molar-refractivity contribution in [3.8, 4) is 40.2 Å². The van der Waals surface area contributed by atoms with Crippen LogP contribution in [0.2, 0.25) is 0 Å². The van der Waals surface area contributed by atoms with E-state index in [2.05, 4.69) is 50.3 Å². The lowest BCUT2D eigenvalue weighted by atomic mass is 9.85. The Hall–Kier alpha value is -3.66. The standard InChI is InChI=1S/C37H40N2O6.2ClH/c1-38-13-11-24-19-33(43-4)34-20-28(24)29(38)15-22-5-8-27(9-6-22)44-37-35-25(18-26(21-40)36(37)42)12-14-39(2,3)30(35)16-23-7-10-31(41)32(17-23)45-34;;/h5-10,17-20,29-30,40H,11-16,21H2,1-4H3,(H-,41,42);2*1H/t29-,30+;;/m0../s1. The summed E-state index contributed by atoms with van der Waals surface area (Å²) in [6.45, 7) is 1.52. The molecule has 0 saturated carbocycles. The zero-order valence-electron chi connectivity index (χ0n) is 27.1. The van der Waals surface area contributed by atoms with Gasteiger partial charge in [-0.2, -0.15) is 0 Å². The lowest BCUT2D eigenvalue weighted by Crippen LogP contribution is -3.00. The molecule has 8 rings (SSSR count). The van der Waals surface area contributed by atoms with E-state index < -0.39 is 0 Å². The molecule has 47 heavy (non-hydrogen) atoms. The van der Waals surface area contributed by atoms with E-state index in [0.29, 0.717) is 45.2 Å². The van der Waals surface area contributed by atoms with Crippen LogP contribution in [-0.4, -0.2) is 66.0 Å². The van der Waals surface area contributed by atoms with Crippen LogP contribution in [0.1, 0.15) is 51.0 Å². The molecule has 0 spiro atoms. The Balaban J connectivity index is 0.00000217. The van der Waals surface area contributed by atoms with Gasteiger partial charge in [-0.25, -0.2) is 0 Å². The summed E-state index contributed by atoms with van der Waals surface area (Å²) in [4.78, 5) is 2.37. The highest BCUT2D eigenvalue weighted by Crippen LogP contribution is 2.49. The van der Waals surface area contributed by atoms with E-state index in [9.17, 15) is 15.3 Å². The van der Waals surface area contributed by atoms with Crippen molar-refractivity contribution in [3.05, 3.63) is 99.6 Å². The fourth-order valence-corrected chi connectivity index (χ4v) is 7.32. The van der Waals surface area contributed by atoms with Gasteiger partial charge in [0.15, 0.2) is 34.5 Å². The average molecular weight is 682 g/mol. The zero-order valence-corrected chi connectivity index (χ0v) is 28.7. The molecule has 4 aliphatic heterocycles. The predicted octanol–water partition coefficient (Wildman–Crippen LogP) is 3.61. The van der Waals surface area contributed by atoms with E-state index in [1.807, 2.05) is 30.3 Å². The van der Waals surface area contributed by atoms with E-state index >= 15 is 0 Å². The van der Waals surface area contributed by atoms with Crippen LogP contribution in [0, 0.1) is 0 Å². The fraction of sp³-hybridized carbons (Fsp3) is 0.351. The maximum Gasteiger partial charge on any atom is 0.178 e. The topological polar surface area (TPSA) is 91.6 Å². The third-order valence-electron chi connectivity index (χ3n) is 10.1. The number of benzene rings is 4. The van der Waals surface area contributed by atoms with Crippen LogP contribution in [0.4, 0.5) is 0 Å². The van der Waals surface area contributed by atoms with Gasteiger partial charge in [-0.05, 0) is 90.2 Å². The highest BCUT2D eigenvalue weighted by Gasteiger charge is 2.40. The summed E-state index contributed by atoms with van der Waals surface area (Å²) in [5, 5.41) is 32.5. The van der Waals surface area contributed by atoms with Crippen molar-refractivity contribution in [1.29, 1.82) is 0 Å². The molecule has 8 nitrogen and oxygen atoms in total. The van der Waals surface area contributed by atoms with Gasteiger partial charge in [-0.15, -0.1) is 12.4 Å². The average Bonchev–Trinajstić information content (AvgIpc) is 3.03. The van der Waals surface area contributed by atoms with Crippen molar-refractivity contribution in [2.45, 2.75) is 44.4 Å². The Labute approximate surface area is 288 Å². The first-order valence-electron chi connectivity index (χ1n) is 15.6.